The highest BCUT2D eigenvalue weighted by atomic mass is 127. The van der Waals surface area contributed by atoms with Crippen molar-refractivity contribution in [3.63, 3.8) is 0 Å². The van der Waals surface area contributed by atoms with Crippen LogP contribution in [-0.2, 0) is 19.8 Å². The highest BCUT2D eigenvalue weighted by Gasteiger charge is 2.36. The van der Waals surface area contributed by atoms with Crippen molar-refractivity contribution in [1.82, 2.24) is 25.4 Å². The number of anilines is 1. The van der Waals surface area contributed by atoms with Gasteiger partial charge in [0, 0.05) is 57.7 Å². The number of hydrogen-bond acceptors (Lipinski definition) is 4. The Labute approximate surface area is 188 Å². The van der Waals surface area contributed by atoms with E-state index in [9.17, 15) is 13.2 Å². The average molecular weight is 544 g/mol. The molecule has 3 heterocycles. The summed E-state index contributed by atoms with van der Waals surface area (Å²) >= 11 is 6.20. The fourth-order valence-corrected chi connectivity index (χ4v) is 3.39. The largest absolute Gasteiger partial charge is 0.435 e. The number of aryl methyl sites for hydroxylation is 1. The molecule has 0 aromatic carbocycles. The van der Waals surface area contributed by atoms with E-state index < -0.39 is 11.9 Å². The van der Waals surface area contributed by atoms with Gasteiger partial charge in [-0.2, -0.15) is 18.3 Å². The van der Waals surface area contributed by atoms with E-state index in [1.54, 1.807) is 25.4 Å². The molecule has 12 heteroatoms. The number of pyridine rings is 1. The Kier molecular flexibility index (Phi) is 7.97. The normalized spacial score (nSPS) is 17.2. The maximum Gasteiger partial charge on any atom is 0.435 e. The summed E-state index contributed by atoms with van der Waals surface area (Å²) in [6.07, 6.45) is -0.629. The number of guanidine groups is 1. The number of halogens is 5. The fourth-order valence-electron chi connectivity index (χ4n) is 3.15. The zero-order valence-corrected chi connectivity index (χ0v) is 19.0. The van der Waals surface area contributed by atoms with Crippen LogP contribution in [-0.4, -0.2) is 46.9 Å². The number of alkyl halides is 3. The summed E-state index contributed by atoms with van der Waals surface area (Å²) in [6, 6.07) is 3.63. The van der Waals surface area contributed by atoms with Crippen LogP contribution in [0.15, 0.2) is 29.5 Å². The second-order valence-corrected chi connectivity index (χ2v) is 6.89. The molecular weight excluding hydrogens is 522 g/mol. The van der Waals surface area contributed by atoms with Gasteiger partial charge in [-0.3, -0.25) is 9.67 Å². The Balaban J connectivity index is 0.00000300. The number of rotatable bonds is 4. The van der Waals surface area contributed by atoms with Crippen LogP contribution in [0.25, 0.3) is 0 Å². The van der Waals surface area contributed by atoms with Gasteiger partial charge < -0.3 is 15.5 Å². The lowest BCUT2D eigenvalue weighted by atomic mass is 10.2. The Morgan fingerprint density at radius 2 is 2.17 bits per heavy atom. The van der Waals surface area contributed by atoms with Gasteiger partial charge in [0.15, 0.2) is 11.7 Å². The van der Waals surface area contributed by atoms with Gasteiger partial charge >= 0.3 is 6.18 Å². The van der Waals surface area contributed by atoms with Crippen LogP contribution in [0, 0.1) is 0 Å². The second kappa shape index (κ2) is 9.83. The van der Waals surface area contributed by atoms with Gasteiger partial charge in [-0.25, -0.2) is 4.98 Å². The molecular formula is C17H22ClF3IN7. The van der Waals surface area contributed by atoms with Gasteiger partial charge in [0.05, 0.1) is 5.02 Å². The number of hydrogen-bond donors (Lipinski definition) is 2. The summed E-state index contributed by atoms with van der Waals surface area (Å²) in [7, 11) is 3.03. The van der Waals surface area contributed by atoms with Gasteiger partial charge in [-0.1, -0.05) is 11.6 Å². The molecule has 2 N–H and O–H groups in total. The summed E-state index contributed by atoms with van der Waals surface area (Å²) in [5.41, 5.74) is -0.832. The van der Waals surface area contributed by atoms with Gasteiger partial charge in [0.1, 0.15) is 5.82 Å². The first-order valence-electron chi connectivity index (χ1n) is 8.70. The molecule has 1 atom stereocenters. The molecule has 0 aliphatic carbocycles. The quantitative estimate of drug-likeness (QED) is 0.353. The van der Waals surface area contributed by atoms with Gasteiger partial charge in [-0.15, -0.1) is 24.0 Å². The minimum absolute atomic E-state index is 0. The molecule has 0 radical (unpaired) electrons. The van der Waals surface area contributed by atoms with Gasteiger partial charge in [0.2, 0.25) is 0 Å². The zero-order chi connectivity index (χ0) is 20.3. The molecule has 0 saturated carbocycles. The van der Waals surface area contributed by atoms with Crippen molar-refractivity contribution in [2.45, 2.75) is 25.2 Å². The number of nitrogens with one attached hydrogen (secondary N) is 2. The molecule has 3 rings (SSSR count). The molecule has 1 unspecified atom stereocenters. The Morgan fingerprint density at radius 1 is 1.41 bits per heavy atom. The molecule has 1 fully saturated rings. The molecule has 1 saturated heterocycles. The summed E-state index contributed by atoms with van der Waals surface area (Å²) in [6.45, 7) is 1.40. The van der Waals surface area contributed by atoms with E-state index >= 15 is 0 Å². The smallest absolute Gasteiger partial charge is 0.353 e. The third-order valence-electron chi connectivity index (χ3n) is 4.41. The summed E-state index contributed by atoms with van der Waals surface area (Å²) < 4.78 is 40.3. The first-order chi connectivity index (χ1) is 13.3. The predicted molar refractivity (Wildman–Crippen MR) is 117 cm³/mol. The third kappa shape index (κ3) is 5.87. The van der Waals surface area contributed by atoms with Crippen LogP contribution in [0.5, 0.6) is 0 Å². The molecule has 2 aromatic heterocycles. The number of aliphatic imine (C=N–C) groups is 1. The maximum atomic E-state index is 13.1. The molecule has 0 spiro atoms. The van der Waals surface area contributed by atoms with Crippen molar-refractivity contribution in [3.8, 4) is 0 Å². The first-order valence-corrected chi connectivity index (χ1v) is 9.08. The standard InChI is InChI=1S/C17H21ClF3N7.HI/c1-22-16(24-8-11-9-27(2)26-14(11)17(19,20)21)25-12-5-7-28(10-12)15-13(18)4-3-6-23-15;/h3-4,6,9,12H,5,7-8,10H2,1-2H3,(H2,22,24,25);1H. The van der Waals surface area contributed by atoms with Crippen molar-refractivity contribution in [1.29, 1.82) is 0 Å². The van der Waals surface area contributed by atoms with E-state index in [2.05, 4.69) is 30.6 Å². The molecule has 0 bridgehead atoms. The maximum absolute atomic E-state index is 13.1. The average Bonchev–Trinajstić information content (AvgIpc) is 3.25. The summed E-state index contributed by atoms with van der Waals surface area (Å²) in [5.74, 6) is 1.15. The van der Waals surface area contributed by atoms with Crippen molar-refractivity contribution < 1.29 is 13.2 Å². The SMILES string of the molecule is CN=C(NCc1cn(C)nc1C(F)(F)F)NC1CCN(c2ncccc2Cl)C1.I. The van der Waals surface area contributed by atoms with Crippen molar-refractivity contribution in [2.24, 2.45) is 12.0 Å². The van der Waals surface area contributed by atoms with E-state index in [1.165, 1.54) is 13.2 Å². The van der Waals surface area contributed by atoms with Crippen molar-refractivity contribution in [3.05, 3.63) is 40.8 Å². The van der Waals surface area contributed by atoms with Crippen LogP contribution < -0.4 is 15.5 Å². The molecule has 29 heavy (non-hydrogen) atoms. The van der Waals surface area contributed by atoms with Crippen LogP contribution in [0.2, 0.25) is 5.02 Å². The number of nitrogens with zero attached hydrogens (tertiary/aromatic N) is 5. The fraction of sp³-hybridized carbons (Fsp3) is 0.471. The minimum Gasteiger partial charge on any atom is -0.353 e. The Morgan fingerprint density at radius 3 is 2.83 bits per heavy atom. The summed E-state index contributed by atoms with van der Waals surface area (Å²) in [4.78, 5) is 10.5. The summed E-state index contributed by atoms with van der Waals surface area (Å²) in [5, 5.41) is 10.3. The highest BCUT2D eigenvalue weighted by Crippen LogP contribution is 2.30. The highest BCUT2D eigenvalue weighted by molar-refractivity contribution is 14.0. The van der Waals surface area contributed by atoms with E-state index in [-0.39, 0.29) is 42.1 Å². The van der Waals surface area contributed by atoms with Crippen molar-refractivity contribution in [2.75, 3.05) is 25.0 Å². The monoisotopic (exact) mass is 543 g/mol. The van der Waals surface area contributed by atoms with Crippen LogP contribution in [0.1, 0.15) is 17.7 Å². The lowest BCUT2D eigenvalue weighted by molar-refractivity contribution is -0.142. The zero-order valence-electron chi connectivity index (χ0n) is 15.9. The molecule has 7 nitrogen and oxygen atoms in total. The Bertz CT molecular complexity index is 856. The predicted octanol–water partition coefficient (Wildman–Crippen LogP) is 3.05. The molecule has 2 aromatic rings. The Hall–Kier alpha value is -1.76. The third-order valence-corrected chi connectivity index (χ3v) is 4.71. The van der Waals surface area contributed by atoms with Gasteiger partial charge in [-0.05, 0) is 18.6 Å². The van der Waals surface area contributed by atoms with Crippen molar-refractivity contribution >= 4 is 47.4 Å². The first kappa shape index (κ1) is 23.5. The van der Waals surface area contributed by atoms with Gasteiger partial charge in [0.25, 0.3) is 0 Å². The topological polar surface area (TPSA) is 70.4 Å². The number of aromatic nitrogens is 3. The van der Waals surface area contributed by atoms with E-state index in [4.69, 9.17) is 11.6 Å². The van der Waals surface area contributed by atoms with E-state index in [0.717, 1.165) is 23.5 Å². The second-order valence-electron chi connectivity index (χ2n) is 6.48. The van der Waals surface area contributed by atoms with E-state index in [0.29, 0.717) is 17.5 Å². The molecule has 1 aliphatic rings. The molecule has 0 amide bonds. The lowest BCUT2D eigenvalue weighted by Crippen LogP contribution is -2.44. The van der Waals surface area contributed by atoms with E-state index in [1.807, 2.05) is 0 Å². The molecule has 160 valence electrons. The minimum atomic E-state index is -4.50. The van der Waals surface area contributed by atoms with Crippen LogP contribution in [0.4, 0.5) is 19.0 Å². The lowest BCUT2D eigenvalue weighted by Gasteiger charge is -2.20. The van der Waals surface area contributed by atoms with Crippen LogP contribution in [0.3, 0.4) is 0 Å². The molecule has 1 aliphatic heterocycles. The van der Waals surface area contributed by atoms with Crippen LogP contribution >= 0.6 is 35.6 Å².